The van der Waals surface area contributed by atoms with E-state index in [1.54, 1.807) is 23.9 Å². The summed E-state index contributed by atoms with van der Waals surface area (Å²) in [4.78, 5) is 28.6. The van der Waals surface area contributed by atoms with Crippen molar-refractivity contribution in [2.45, 2.75) is 46.2 Å². The SMILES string of the molecule is Cc1ccccc1-c1cc(C(=O)NC(C)CC(=O)O)c2cnn(C(C)C)c2n1. The van der Waals surface area contributed by atoms with E-state index in [1.807, 2.05) is 45.0 Å². The molecule has 2 heterocycles. The highest BCUT2D eigenvalue weighted by Crippen LogP contribution is 2.28. The first-order chi connectivity index (χ1) is 13.3. The number of rotatable bonds is 6. The number of fused-ring (bicyclic) bond motifs is 1. The van der Waals surface area contributed by atoms with Crippen molar-refractivity contribution in [2.75, 3.05) is 0 Å². The zero-order valence-electron chi connectivity index (χ0n) is 16.4. The van der Waals surface area contributed by atoms with Gasteiger partial charge in [0, 0.05) is 17.6 Å². The molecule has 7 nitrogen and oxygen atoms in total. The number of carboxylic acid groups (broad SMARTS) is 1. The van der Waals surface area contributed by atoms with Gasteiger partial charge in [-0.15, -0.1) is 0 Å². The number of carbonyl (C=O) groups excluding carboxylic acids is 1. The minimum atomic E-state index is -0.957. The quantitative estimate of drug-likeness (QED) is 0.681. The van der Waals surface area contributed by atoms with Crippen LogP contribution in [-0.2, 0) is 4.79 Å². The predicted molar refractivity (Wildman–Crippen MR) is 107 cm³/mol. The number of aryl methyl sites for hydroxylation is 1. The monoisotopic (exact) mass is 380 g/mol. The zero-order valence-corrected chi connectivity index (χ0v) is 16.4. The molecule has 0 radical (unpaired) electrons. The molecule has 2 N–H and O–H groups in total. The van der Waals surface area contributed by atoms with Crippen molar-refractivity contribution in [3.63, 3.8) is 0 Å². The molecule has 28 heavy (non-hydrogen) atoms. The van der Waals surface area contributed by atoms with Crippen LogP contribution in [0.5, 0.6) is 0 Å². The highest BCUT2D eigenvalue weighted by atomic mass is 16.4. The molecule has 146 valence electrons. The van der Waals surface area contributed by atoms with E-state index >= 15 is 0 Å². The number of hydrogen-bond acceptors (Lipinski definition) is 4. The number of hydrogen-bond donors (Lipinski definition) is 2. The summed E-state index contributed by atoms with van der Waals surface area (Å²) in [7, 11) is 0. The van der Waals surface area contributed by atoms with Crippen LogP contribution < -0.4 is 5.32 Å². The molecule has 3 rings (SSSR count). The summed E-state index contributed by atoms with van der Waals surface area (Å²) in [6.45, 7) is 7.67. The lowest BCUT2D eigenvalue weighted by Gasteiger charge is -2.14. The predicted octanol–water partition coefficient (Wildman–Crippen LogP) is 3.58. The number of amides is 1. The van der Waals surface area contributed by atoms with Crippen molar-refractivity contribution in [3.8, 4) is 11.3 Å². The summed E-state index contributed by atoms with van der Waals surface area (Å²) < 4.78 is 1.79. The Morgan fingerprint density at radius 3 is 2.57 bits per heavy atom. The standard InChI is InChI=1S/C21H24N4O3/c1-12(2)25-20-17(11-22-25)16(21(28)23-14(4)9-19(26)27)10-18(24-20)15-8-6-5-7-13(15)3/h5-8,10-12,14H,9H2,1-4H3,(H,23,28)(H,26,27). The smallest absolute Gasteiger partial charge is 0.305 e. The van der Waals surface area contributed by atoms with Gasteiger partial charge in [-0.2, -0.15) is 5.10 Å². The number of aliphatic carboxylic acids is 1. The van der Waals surface area contributed by atoms with Gasteiger partial charge in [-0.3, -0.25) is 9.59 Å². The third kappa shape index (κ3) is 3.88. The first-order valence-corrected chi connectivity index (χ1v) is 9.24. The van der Waals surface area contributed by atoms with Crippen molar-refractivity contribution < 1.29 is 14.7 Å². The van der Waals surface area contributed by atoms with Gasteiger partial charge in [-0.1, -0.05) is 24.3 Å². The van der Waals surface area contributed by atoms with Crippen molar-refractivity contribution >= 4 is 22.9 Å². The van der Waals surface area contributed by atoms with E-state index in [4.69, 9.17) is 10.1 Å². The topological polar surface area (TPSA) is 97.1 Å². The Kier molecular flexibility index (Phi) is 5.44. The minimum absolute atomic E-state index is 0.0824. The van der Waals surface area contributed by atoms with Crippen LogP contribution in [0.1, 0.15) is 49.2 Å². The van der Waals surface area contributed by atoms with Crippen LogP contribution in [-0.4, -0.2) is 37.8 Å². The third-order valence-corrected chi connectivity index (χ3v) is 4.58. The Morgan fingerprint density at radius 1 is 1.21 bits per heavy atom. The molecule has 3 aromatic rings. The number of carbonyl (C=O) groups is 2. The maximum Gasteiger partial charge on any atom is 0.305 e. The summed E-state index contributed by atoms with van der Waals surface area (Å²) in [5.41, 5.74) is 3.74. The Morgan fingerprint density at radius 2 is 1.93 bits per heavy atom. The first-order valence-electron chi connectivity index (χ1n) is 9.24. The van der Waals surface area contributed by atoms with Crippen LogP contribution in [0, 0.1) is 6.92 Å². The van der Waals surface area contributed by atoms with Gasteiger partial charge in [0.1, 0.15) is 0 Å². The summed E-state index contributed by atoms with van der Waals surface area (Å²) >= 11 is 0. The Labute approximate surface area is 163 Å². The minimum Gasteiger partial charge on any atom is -0.481 e. The molecule has 0 saturated carbocycles. The van der Waals surface area contributed by atoms with Crippen LogP contribution in [0.4, 0.5) is 0 Å². The molecule has 0 fully saturated rings. The highest BCUT2D eigenvalue weighted by molar-refractivity contribution is 6.06. The van der Waals surface area contributed by atoms with Gasteiger partial charge in [-0.25, -0.2) is 9.67 Å². The maximum absolute atomic E-state index is 12.9. The van der Waals surface area contributed by atoms with Gasteiger partial charge in [0.2, 0.25) is 0 Å². The molecular weight excluding hydrogens is 356 g/mol. The van der Waals surface area contributed by atoms with E-state index < -0.39 is 12.0 Å². The average Bonchev–Trinajstić information content (AvgIpc) is 3.04. The maximum atomic E-state index is 12.9. The lowest BCUT2D eigenvalue weighted by molar-refractivity contribution is -0.137. The second kappa shape index (κ2) is 7.80. The second-order valence-electron chi connectivity index (χ2n) is 7.26. The summed E-state index contributed by atoms with van der Waals surface area (Å²) in [6.07, 6.45) is 1.50. The molecule has 0 spiro atoms. The summed E-state index contributed by atoms with van der Waals surface area (Å²) in [6, 6.07) is 9.19. The fourth-order valence-electron chi connectivity index (χ4n) is 3.20. The number of nitrogens with one attached hydrogen (secondary N) is 1. The van der Waals surface area contributed by atoms with Gasteiger partial charge >= 0.3 is 5.97 Å². The molecule has 1 unspecified atom stereocenters. The van der Waals surface area contributed by atoms with Gasteiger partial charge in [0.25, 0.3) is 5.91 Å². The molecule has 1 atom stereocenters. The Hall–Kier alpha value is -3.22. The molecular formula is C21H24N4O3. The Balaban J connectivity index is 2.14. The van der Waals surface area contributed by atoms with Gasteiger partial charge in [0.05, 0.1) is 29.3 Å². The van der Waals surface area contributed by atoms with Gasteiger partial charge in [0.15, 0.2) is 5.65 Å². The van der Waals surface area contributed by atoms with E-state index in [0.717, 1.165) is 11.1 Å². The number of carboxylic acids is 1. The molecule has 1 amide bonds. The number of benzene rings is 1. The zero-order chi connectivity index (χ0) is 20.4. The molecule has 0 aliphatic carbocycles. The molecule has 0 saturated heterocycles. The molecule has 2 aromatic heterocycles. The number of nitrogens with zero attached hydrogens (tertiary/aromatic N) is 3. The fraction of sp³-hybridized carbons (Fsp3) is 0.333. The van der Waals surface area contributed by atoms with Crippen LogP contribution in [0.15, 0.2) is 36.5 Å². The molecule has 7 heteroatoms. The van der Waals surface area contributed by atoms with Crippen LogP contribution in [0.25, 0.3) is 22.3 Å². The van der Waals surface area contributed by atoms with Gasteiger partial charge < -0.3 is 10.4 Å². The number of aromatic nitrogens is 3. The average molecular weight is 380 g/mol. The van der Waals surface area contributed by atoms with Crippen LogP contribution >= 0.6 is 0 Å². The second-order valence-corrected chi connectivity index (χ2v) is 7.26. The van der Waals surface area contributed by atoms with E-state index in [0.29, 0.717) is 22.3 Å². The molecule has 0 aliphatic rings. The first kappa shape index (κ1) is 19.5. The largest absolute Gasteiger partial charge is 0.481 e. The van der Waals surface area contributed by atoms with Crippen LogP contribution in [0.2, 0.25) is 0 Å². The molecule has 0 aliphatic heterocycles. The third-order valence-electron chi connectivity index (χ3n) is 4.58. The van der Waals surface area contributed by atoms with E-state index in [-0.39, 0.29) is 18.4 Å². The van der Waals surface area contributed by atoms with E-state index in [2.05, 4.69) is 10.4 Å². The molecule has 0 bridgehead atoms. The van der Waals surface area contributed by atoms with Crippen molar-refractivity contribution in [2.24, 2.45) is 0 Å². The summed E-state index contributed by atoms with van der Waals surface area (Å²) in [5.74, 6) is -1.29. The highest BCUT2D eigenvalue weighted by Gasteiger charge is 2.20. The lowest BCUT2D eigenvalue weighted by Crippen LogP contribution is -2.34. The van der Waals surface area contributed by atoms with Gasteiger partial charge in [-0.05, 0) is 39.3 Å². The van der Waals surface area contributed by atoms with Crippen LogP contribution in [0.3, 0.4) is 0 Å². The number of pyridine rings is 1. The van der Waals surface area contributed by atoms with Crippen molar-refractivity contribution in [1.29, 1.82) is 0 Å². The Bertz CT molecular complexity index is 1040. The van der Waals surface area contributed by atoms with Crippen molar-refractivity contribution in [3.05, 3.63) is 47.7 Å². The van der Waals surface area contributed by atoms with E-state index in [9.17, 15) is 9.59 Å². The van der Waals surface area contributed by atoms with E-state index in [1.165, 1.54) is 0 Å². The fourth-order valence-corrected chi connectivity index (χ4v) is 3.20. The van der Waals surface area contributed by atoms with Crippen molar-refractivity contribution in [1.82, 2.24) is 20.1 Å². The lowest BCUT2D eigenvalue weighted by atomic mass is 10.0. The normalized spacial score (nSPS) is 12.3. The summed E-state index contributed by atoms with van der Waals surface area (Å²) in [5, 5.41) is 16.8. The molecule has 1 aromatic carbocycles.